The van der Waals surface area contributed by atoms with Crippen molar-refractivity contribution in [3.05, 3.63) is 72.3 Å². The maximum absolute atomic E-state index is 13.2. The lowest BCUT2D eigenvalue weighted by Gasteiger charge is -2.36. The van der Waals surface area contributed by atoms with Crippen LogP contribution in [0.1, 0.15) is 31.4 Å². The molecule has 1 unspecified atom stereocenters. The van der Waals surface area contributed by atoms with Gasteiger partial charge in [0.25, 0.3) is 0 Å². The Balaban J connectivity index is 1.53. The van der Waals surface area contributed by atoms with Gasteiger partial charge in [-0.1, -0.05) is 38.1 Å². The minimum Gasteiger partial charge on any atom is -0.326 e. The van der Waals surface area contributed by atoms with Crippen molar-refractivity contribution in [3.63, 3.8) is 0 Å². The average Bonchev–Trinajstić information content (AvgIpc) is 3.27. The van der Waals surface area contributed by atoms with Crippen LogP contribution in [0.5, 0.6) is 0 Å². The largest absolute Gasteiger partial charge is 0.326 e. The van der Waals surface area contributed by atoms with Crippen molar-refractivity contribution in [1.82, 2.24) is 19.7 Å². The zero-order valence-electron chi connectivity index (χ0n) is 17.2. The van der Waals surface area contributed by atoms with Gasteiger partial charge in [-0.25, -0.2) is 9.67 Å². The lowest BCUT2D eigenvalue weighted by molar-refractivity contribution is -0.140. The summed E-state index contributed by atoms with van der Waals surface area (Å²) in [6.45, 7) is 4.49. The number of amides is 2. The van der Waals surface area contributed by atoms with Gasteiger partial charge in [-0.2, -0.15) is 5.10 Å². The van der Waals surface area contributed by atoms with Gasteiger partial charge in [-0.15, -0.1) is 0 Å². The smallest absolute Gasteiger partial charge is 0.247 e. The molecule has 0 fully saturated rings. The maximum Gasteiger partial charge on any atom is 0.247 e. The third-order valence-corrected chi connectivity index (χ3v) is 5.27. The molecule has 1 aliphatic rings. The Morgan fingerprint density at radius 2 is 1.83 bits per heavy atom. The molecule has 1 aliphatic heterocycles. The minimum absolute atomic E-state index is 0.0150. The molecule has 1 N–H and O–H groups in total. The van der Waals surface area contributed by atoms with Gasteiger partial charge in [0, 0.05) is 25.1 Å². The fourth-order valence-electron chi connectivity index (χ4n) is 3.75. The highest BCUT2D eigenvalue weighted by Crippen LogP contribution is 2.26. The molecule has 0 radical (unpaired) electrons. The van der Waals surface area contributed by atoms with E-state index in [1.54, 1.807) is 15.9 Å². The van der Waals surface area contributed by atoms with E-state index in [1.165, 1.54) is 6.33 Å². The molecular weight excluding hydrogens is 378 g/mol. The predicted molar refractivity (Wildman–Crippen MR) is 114 cm³/mol. The Morgan fingerprint density at radius 1 is 1.10 bits per heavy atom. The molecule has 0 aliphatic carbocycles. The van der Waals surface area contributed by atoms with Crippen LogP contribution in [0.25, 0.3) is 5.69 Å². The molecule has 0 saturated heterocycles. The molecule has 0 bridgehead atoms. The van der Waals surface area contributed by atoms with Crippen LogP contribution in [0.3, 0.4) is 0 Å². The molecule has 2 heterocycles. The van der Waals surface area contributed by atoms with Crippen LogP contribution in [0, 0.1) is 5.92 Å². The number of hydrogen-bond donors (Lipinski definition) is 1. The first-order chi connectivity index (χ1) is 14.5. The van der Waals surface area contributed by atoms with Gasteiger partial charge in [-0.05, 0) is 41.3 Å². The quantitative estimate of drug-likeness (QED) is 0.709. The lowest BCUT2D eigenvalue weighted by Crippen LogP contribution is -2.50. The number of carbonyl (C=O) groups is 2. The van der Waals surface area contributed by atoms with E-state index in [1.807, 2.05) is 62.4 Å². The fourth-order valence-corrected chi connectivity index (χ4v) is 3.75. The van der Waals surface area contributed by atoms with Gasteiger partial charge in [0.1, 0.15) is 18.7 Å². The van der Waals surface area contributed by atoms with E-state index in [0.717, 1.165) is 16.8 Å². The minimum atomic E-state index is -0.527. The van der Waals surface area contributed by atoms with Crippen molar-refractivity contribution in [3.8, 4) is 5.69 Å². The number of nitrogens with zero attached hydrogens (tertiary/aromatic N) is 4. The Labute approximate surface area is 175 Å². The number of rotatable bonds is 5. The van der Waals surface area contributed by atoms with Crippen LogP contribution in [-0.2, 0) is 22.6 Å². The average molecular weight is 403 g/mol. The first-order valence-corrected chi connectivity index (χ1v) is 10.1. The lowest BCUT2D eigenvalue weighted by atomic mass is 9.92. The molecule has 1 aromatic heterocycles. The van der Waals surface area contributed by atoms with Gasteiger partial charge < -0.3 is 10.2 Å². The zero-order chi connectivity index (χ0) is 21.1. The summed E-state index contributed by atoms with van der Waals surface area (Å²) in [7, 11) is 0. The van der Waals surface area contributed by atoms with E-state index in [9.17, 15) is 9.59 Å². The molecule has 1 atom stereocenters. The van der Waals surface area contributed by atoms with Gasteiger partial charge >= 0.3 is 0 Å². The molecule has 30 heavy (non-hydrogen) atoms. The van der Waals surface area contributed by atoms with Crippen molar-refractivity contribution in [2.24, 2.45) is 5.92 Å². The number of fused-ring (bicyclic) bond motifs is 1. The highest BCUT2D eigenvalue weighted by Gasteiger charge is 2.34. The van der Waals surface area contributed by atoms with Crippen LogP contribution < -0.4 is 5.32 Å². The number of nitrogens with one attached hydrogen (secondary N) is 1. The molecule has 3 aromatic rings. The van der Waals surface area contributed by atoms with E-state index >= 15 is 0 Å². The number of benzene rings is 2. The Kier molecular flexibility index (Phi) is 5.61. The molecule has 2 amide bonds. The first-order valence-electron chi connectivity index (χ1n) is 10.1. The third kappa shape index (κ3) is 4.25. The summed E-state index contributed by atoms with van der Waals surface area (Å²) in [5.74, 6) is 0.0824. The fraction of sp³-hybridized carbons (Fsp3) is 0.304. The molecule has 0 spiro atoms. The van der Waals surface area contributed by atoms with Crippen LogP contribution >= 0.6 is 0 Å². The molecule has 154 valence electrons. The van der Waals surface area contributed by atoms with Crippen molar-refractivity contribution < 1.29 is 9.59 Å². The Bertz CT molecular complexity index is 1030. The third-order valence-electron chi connectivity index (χ3n) is 5.27. The van der Waals surface area contributed by atoms with Crippen LogP contribution in [0.4, 0.5) is 5.69 Å². The maximum atomic E-state index is 13.2. The second-order valence-corrected chi connectivity index (χ2v) is 7.98. The number of anilines is 1. The summed E-state index contributed by atoms with van der Waals surface area (Å²) in [4.78, 5) is 31.7. The second kappa shape index (κ2) is 8.49. The Hall–Kier alpha value is -3.48. The normalized spacial score (nSPS) is 15.7. The van der Waals surface area contributed by atoms with Crippen molar-refractivity contribution in [1.29, 1.82) is 0 Å². The van der Waals surface area contributed by atoms with E-state index in [0.29, 0.717) is 25.1 Å². The van der Waals surface area contributed by atoms with E-state index in [2.05, 4.69) is 15.4 Å². The molecule has 4 rings (SSSR count). The second-order valence-electron chi connectivity index (χ2n) is 7.98. The number of aromatic nitrogens is 3. The Morgan fingerprint density at radius 3 is 2.50 bits per heavy atom. The SMILES string of the molecule is CC(C)CC(=O)N1Cc2ccccc2CC1C(=O)Nc1ccc(-n2cncn2)cc1. The summed E-state index contributed by atoms with van der Waals surface area (Å²) in [5, 5.41) is 7.07. The van der Waals surface area contributed by atoms with E-state index in [4.69, 9.17) is 0 Å². The molecule has 2 aromatic carbocycles. The number of carbonyl (C=O) groups excluding carboxylic acids is 2. The summed E-state index contributed by atoms with van der Waals surface area (Å²) in [5.41, 5.74) is 3.76. The molecule has 7 nitrogen and oxygen atoms in total. The first kappa shape index (κ1) is 19.8. The van der Waals surface area contributed by atoms with Gasteiger partial charge in [-0.3, -0.25) is 9.59 Å². The highest BCUT2D eigenvalue weighted by molar-refractivity contribution is 5.97. The van der Waals surface area contributed by atoms with Gasteiger partial charge in [0.15, 0.2) is 0 Å². The van der Waals surface area contributed by atoms with E-state index in [-0.39, 0.29) is 17.7 Å². The van der Waals surface area contributed by atoms with Crippen molar-refractivity contribution in [2.75, 3.05) is 5.32 Å². The predicted octanol–water partition coefficient (Wildman–Crippen LogP) is 3.21. The van der Waals surface area contributed by atoms with Crippen LogP contribution in [0.2, 0.25) is 0 Å². The summed E-state index contributed by atoms with van der Waals surface area (Å²) >= 11 is 0. The summed E-state index contributed by atoms with van der Waals surface area (Å²) < 4.78 is 1.65. The van der Waals surface area contributed by atoms with Crippen LogP contribution in [0.15, 0.2) is 61.2 Å². The monoisotopic (exact) mass is 403 g/mol. The van der Waals surface area contributed by atoms with Crippen LogP contribution in [-0.4, -0.2) is 37.5 Å². The molecule has 0 saturated carbocycles. The molecular formula is C23H25N5O2. The standard InChI is InChI=1S/C23H25N5O2/c1-16(2)11-22(29)27-13-18-6-4-3-5-17(18)12-21(27)23(30)26-19-7-9-20(10-8-19)28-15-24-14-25-28/h3-10,14-16,21H,11-13H2,1-2H3,(H,26,30). The number of hydrogen-bond acceptors (Lipinski definition) is 4. The van der Waals surface area contributed by atoms with Gasteiger partial charge in [0.05, 0.1) is 5.69 Å². The van der Waals surface area contributed by atoms with Crippen molar-refractivity contribution >= 4 is 17.5 Å². The molecule has 7 heteroatoms. The van der Waals surface area contributed by atoms with Crippen molar-refractivity contribution in [2.45, 2.75) is 39.3 Å². The summed E-state index contributed by atoms with van der Waals surface area (Å²) in [6.07, 6.45) is 4.03. The topological polar surface area (TPSA) is 80.1 Å². The summed E-state index contributed by atoms with van der Waals surface area (Å²) in [6, 6.07) is 14.9. The van der Waals surface area contributed by atoms with Gasteiger partial charge in [0.2, 0.25) is 11.8 Å². The highest BCUT2D eigenvalue weighted by atomic mass is 16.2. The zero-order valence-corrected chi connectivity index (χ0v) is 17.2. The van der Waals surface area contributed by atoms with E-state index < -0.39 is 6.04 Å².